The zero-order chi connectivity index (χ0) is 23.5. The summed E-state index contributed by atoms with van der Waals surface area (Å²) >= 11 is 6.25. The van der Waals surface area contributed by atoms with Crippen LogP contribution < -0.4 is 24.4 Å². The van der Waals surface area contributed by atoms with E-state index in [1.165, 1.54) is 4.90 Å². The number of nitrogens with one attached hydrogen (secondary N) is 1. The van der Waals surface area contributed by atoms with E-state index in [4.69, 9.17) is 25.8 Å². The quantitative estimate of drug-likeness (QED) is 0.562. The summed E-state index contributed by atoms with van der Waals surface area (Å²) in [5, 5.41) is 3.33. The van der Waals surface area contributed by atoms with Gasteiger partial charge >= 0.3 is 0 Å². The van der Waals surface area contributed by atoms with E-state index >= 15 is 0 Å². The van der Waals surface area contributed by atoms with Crippen molar-refractivity contribution in [3.8, 4) is 17.2 Å². The number of carbonyl (C=O) groups excluding carboxylic acids is 2. The Kier molecular flexibility index (Phi) is 6.10. The first-order valence-corrected chi connectivity index (χ1v) is 11.2. The number of halogens is 1. The second-order valence-corrected chi connectivity index (χ2v) is 8.20. The van der Waals surface area contributed by atoms with Crippen LogP contribution in [0, 0.1) is 0 Å². The second-order valence-electron chi connectivity index (χ2n) is 7.79. The van der Waals surface area contributed by atoms with E-state index in [1.54, 1.807) is 48.5 Å². The van der Waals surface area contributed by atoms with Crippen molar-refractivity contribution >= 4 is 35.2 Å². The minimum Gasteiger partial charge on any atom is -0.486 e. The fourth-order valence-corrected chi connectivity index (χ4v) is 3.93. The van der Waals surface area contributed by atoms with E-state index < -0.39 is 5.91 Å². The molecule has 0 aromatic heterocycles. The SMILES string of the molecule is O=C(CN1C(=O)C(=Cc2ccccc2Cl)Oc2ccccc21)NCC1COc2ccccc2O1. The Labute approximate surface area is 201 Å². The van der Waals surface area contributed by atoms with Crippen molar-refractivity contribution in [1.29, 1.82) is 0 Å². The van der Waals surface area contributed by atoms with Crippen LogP contribution in [0.4, 0.5) is 5.69 Å². The molecule has 1 atom stereocenters. The van der Waals surface area contributed by atoms with Gasteiger partial charge in [-0.1, -0.05) is 54.1 Å². The maximum atomic E-state index is 13.2. The zero-order valence-corrected chi connectivity index (χ0v) is 18.8. The van der Waals surface area contributed by atoms with E-state index in [1.807, 2.05) is 30.3 Å². The van der Waals surface area contributed by atoms with Gasteiger partial charge in [-0.3, -0.25) is 14.5 Å². The Hall–Kier alpha value is -3.97. The molecular weight excluding hydrogens is 456 g/mol. The van der Waals surface area contributed by atoms with Gasteiger partial charge in [-0.05, 0) is 42.0 Å². The number of hydrogen-bond acceptors (Lipinski definition) is 5. The molecule has 0 bridgehead atoms. The Balaban J connectivity index is 1.29. The summed E-state index contributed by atoms with van der Waals surface area (Å²) in [7, 11) is 0. The number of ether oxygens (including phenoxy) is 3. The zero-order valence-electron chi connectivity index (χ0n) is 18.1. The van der Waals surface area contributed by atoms with Gasteiger partial charge in [0.25, 0.3) is 5.91 Å². The molecule has 0 aliphatic carbocycles. The number of anilines is 1. The highest BCUT2D eigenvalue weighted by Gasteiger charge is 2.32. The first kappa shape index (κ1) is 21.9. The average molecular weight is 477 g/mol. The van der Waals surface area contributed by atoms with Gasteiger partial charge in [0.05, 0.1) is 12.2 Å². The van der Waals surface area contributed by atoms with Crippen molar-refractivity contribution in [2.75, 3.05) is 24.6 Å². The molecule has 1 unspecified atom stereocenters. The van der Waals surface area contributed by atoms with Crippen LogP contribution in [-0.4, -0.2) is 37.6 Å². The third-order valence-corrected chi connectivity index (χ3v) is 5.76. The lowest BCUT2D eigenvalue weighted by atomic mass is 10.1. The van der Waals surface area contributed by atoms with Crippen LogP contribution in [0.2, 0.25) is 5.02 Å². The summed E-state index contributed by atoms with van der Waals surface area (Å²) in [5.74, 6) is 1.12. The van der Waals surface area contributed by atoms with Crippen molar-refractivity contribution in [2.45, 2.75) is 6.10 Å². The van der Waals surface area contributed by atoms with Crippen LogP contribution in [0.5, 0.6) is 17.2 Å². The molecule has 0 saturated carbocycles. The van der Waals surface area contributed by atoms with Gasteiger partial charge in [-0.15, -0.1) is 0 Å². The molecule has 34 heavy (non-hydrogen) atoms. The van der Waals surface area contributed by atoms with Gasteiger partial charge < -0.3 is 19.5 Å². The Morgan fingerprint density at radius 2 is 1.71 bits per heavy atom. The minimum absolute atomic E-state index is 0.0835. The monoisotopic (exact) mass is 476 g/mol. The number of hydrogen-bond donors (Lipinski definition) is 1. The van der Waals surface area contributed by atoms with Crippen LogP contribution in [0.15, 0.2) is 78.6 Å². The maximum Gasteiger partial charge on any atom is 0.294 e. The van der Waals surface area contributed by atoms with Gasteiger partial charge in [0, 0.05) is 5.02 Å². The second kappa shape index (κ2) is 9.49. The number of rotatable bonds is 5. The smallest absolute Gasteiger partial charge is 0.294 e. The van der Waals surface area contributed by atoms with Gasteiger partial charge in [0.15, 0.2) is 23.0 Å². The minimum atomic E-state index is -0.431. The van der Waals surface area contributed by atoms with Crippen LogP contribution in [0.3, 0.4) is 0 Å². The summed E-state index contributed by atoms with van der Waals surface area (Å²) in [5.41, 5.74) is 1.16. The van der Waals surface area contributed by atoms with Crippen LogP contribution in [0.25, 0.3) is 6.08 Å². The fraction of sp³-hybridized carbons (Fsp3) is 0.154. The highest BCUT2D eigenvalue weighted by atomic mass is 35.5. The first-order chi connectivity index (χ1) is 16.6. The molecule has 2 heterocycles. The molecule has 3 aromatic rings. The van der Waals surface area contributed by atoms with Gasteiger partial charge in [0.2, 0.25) is 5.91 Å². The van der Waals surface area contributed by atoms with Crippen molar-refractivity contribution in [2.24, 2.45) is 0 Å². The van der Waals surface area contributed by atoms with Crippen molar-refractivity contribution in [1.82, 2.24) is 5.32 Å². The van der Waals surface area contributed by atoms with E-state index in [0.717, 1.165) is 0 Å². The molecule has 8 heteroatoms. The molecule has 7 nitrogen and oxygen atoms in total. The predicted octanol–water partition coefficient (Wildman–Crippen LogP) is 4.06. The van der Waals surface area contributed by atoms with E-state index in [9.17, 15) is 9.59 Å². The summed E-state index contributed by atoms with van der Waals surface area (Å²) in [4.78, 5) is 27.4. The average Bonchev–Trinajstić information content (AvgIpc) is 2.86. The predicted molar refractivity (Wildman–Crippen MR) is 128 cm³/mol. The van der Waals surface area contributed by atoms with Crippen molar-refractivity contribution in [3.05, 3.63) is 89.1 Å². The number of carbonyl (C=O) groups is 2. The highest BCUT2D eigenvalue weighted by molar-refractivity contribution is 6.32. The Morgan fingerprint density at radius 1 is 1.00 bits per heavy atom. The molecule has 5 rings (SSSR count). The third kappa shape index (κ3) is 4.56. The molecule has 0 fully saturated rings. The molecule has 1 N–H and O–H groups in total. The third-order valence-electron chi connectivity index (χ3n) is 5.42. The lowest BCUT2D eigenvalue weighted by Crippen LogP contribution is -2.47. The van der Waals surface area contributed by atoms with Gasteiger partial charge in [0.1, 0.15) is 19.3 Å². The number of para-hydroxylation sites is 4. The molecular formula is C26H21ClN2O5. The topological polar surface area (TPSA) is 77.1 Å². The largest absolute Gasteiger partial charge is 0.486 e. The standard InChI is InChI=1S/C26H21ClN2O5/c27-19-8-2-1-7-17(19)13-24-26(31)29(20-9-3-4-10-21(20)34-24)15-25(30)28-14-18-16-32-22-11-5-6-12-23(22)33-18/h1-13,18H,14-16H2,(H,28,30). The summed E-state index contributed by atoms with van der Waals surface area (Å²) in [6, 6.07) is 21.6. The molecule has 3 aromatic carbocycles. The summed E-state index contributed by atoms with van der Waals surface area (Å²) in [6.45, 7) is 0.389. The molecule has 2 amide bonds. The normalized spacial score (nSPS) is 17.7. The van der Waals surface area contributed by atoms with E-state index in [2.05, 4.69) is 5.32 Å². The molecule has 0 spiro atoms. The Bertz CT molecular complexity index is 1280. The maximum absolute atomic E-state index is 13.2. The Morgan fingerprint density at radius 3 is 2.53 bits per heavy atom. The van der Waals surface area contributed by atoms with Crippen molar-refractivity contribution < 1.29 is 23.8 Å². The summed E-state index contributed by atoms with van der Waals surface area (Å²) in [6.07, 6.45) is 1.25. The van der Waals surface area contributed by atoms with Crippen molar-refractivity contribution in [3.63, 3.8) is 0 Å². The highest BCUT2D eigenvalue weighted by Crippen LogP contribution is 2.36. The van der Waals surface area contributed by atoms with Crippen LogP contribution in [0.1, 0.15) is 5.56 Å². The number of benzene rings is 3. The van der Waals surface area contributed by atoms with Crippen LogP contribution >= 0.6 is 11.6 Å². The van der Waals surface area contributed by atoms with Crippen LogP contribution in [-0.2, 0) is 9.59 Å². The molecule has 0 radical (unpaired) electrons. The summed E-state index contributed by atoms with van der Waals surface area (Å²) < 4.78 is 17.4. The molecule has 2 aliphatic heterocycles. The van der Waals surface area contributed by atoms with Gasteiger partial charge in [-0.2, -0.15) is 0 Å². The first-order valence-electron chi connectivity index (χ1n) is 10.8. The lowest BCUT2D eigenvalue weighted by Gasteiger charge is -2.30. The lowest BCUT2D eigenvalue weighted by molar-refractivity contribution is -0.123. The molecule has 0 saturated heterocycles. The van der Waals surface area contributed by atoms with Gasteiger partial charge in [-0.25, -0.2) is 0 Å². The molecule has 172 valence electrons. The fourth-order valence-electron chi connectivity index (χ4n) is 3.74. The number of nitrogens with zero attached hydrogens (tertiary/aromatic N) is 1. The number of fused-ring (bicyclic) bond motifs is 2. The van der Waals surface area contributed by atoms with E-state index in [0.29, 0.717) is 40.1 Å². The van der Waals surface area contributed by atoms with E-state index in [-0.39, 0.29) is 30.9 Å². The number of amides is 2. The molecule has 2 aliphatic rings.